The van der Waals surface area contributed by atoms with Crippen molar-refractivity contribution in [2.75, 3.05) is 0 Å². The van der Waals surface area contributed by atoms with Crippen molar-refractivity contribution >= 4 is 0 Å². The van der Waals surface area contributed by atoms with Crippen molar-refractivity contribution in [2.45, 2.75) is 45.4 Å². The van der Waals surface area contributed by atoms with Gasteiger partial charge in [0.05, 0.1) is 0 Å². The van der Waals surface area contributed by atoms with Crippen LogP contribution in [0.3, 0.4) is 0 Å². The highest BCUT2D eigenvalue weighted by Crippen LogP contribution is 2.71. The average molecular weight is 176 g/mol. The van der Waals surface area contributed by atoms with Crippen molar-refractivity contribution in [3.05, 3.63) is 0 Å². The van der Waals surface area contributed by atoms with Gasteiger partial charge in [-0.1, -0.05) is 6.92 Å². The van der Waals surface area contributed by atoms with E-state index < -0.39 is 0 Å². The lowest BCUT2D eigenvalue weighted by atomic mass is 9.91. The van der Waals surface area contributed by atoms with Crippen LogP contribution >= 0.6 is 0 Å². The van der Waals surface area contributed by atoms with Gasteiger partial charge in [0.1, 0.15) is 0 Å². The summed E-state index contributed by atoms with van der Waals surface area (Å²) in [7, 11) is 0. The molecule has 0 aliphatic heterocycles. The monoisotopic (exact) mass is 176 g/mol. The van der Waals surface area contributed by atoms with Crippen LogP contribution in [0.25, 0.3) is 0 Å². The molecule has 5 atom stereocenters. The van der Waals surface area contributed by atoms with E-state index in [0.29, 0.717) is 0 Å². The second-order valence-electron chi connectivity index (χ2n) is 6.56. The van der Waals surface area contributed by atoms with Crippen molar-refractivity contribution in [1.82, 2.24) is 0 Å². The predicted molar refractivity (Wildman–Crippen MR) is 53.3 cm³/mol. The van der Waals surface area contributed by atoms with Gasteiger partial charge in [0, 0.05) is 0 Å². The molecule has 4 aliphatic carbocycles. The highest BCUT2D eigenvalue weighted by atomic mass is 14.7. The molecular weight excluding hydrogens is 156 g/mol. The Labute approximate surface area is 81.1 Å². The van der Waals surface area contributed by atoms with Gasteiger partial charge in [-0.05, 0) is 73.5 Å². The van der Waals surface area contributed by atoms with E-state index in [1.807, 2.05) is 0 Å². The zero-order chi connectivity index (χ0) is 8.63. The Balaban J connectivity index is 1.47. The smallest absolute Gasteiger partial charge is 0.0294 e. The molecule has 4 rings (SSSR count). The normalized spacial score (nSPS) is 60.2. The lowest BCUT2D eigenvalue weighted by Gasteiger charge is -2.13. The van der Waals surface area contributed by atoms with Crippen molar-refractivity contribution in [3.8, 4) is 0 Å². The Morgan fingerprint density at radius 1 is 0.923 bits per heavy atom. The van der Waals surface area contributed by atoms with Gasteiger partial charge >= 0.3 is 0 Å². The third-order valence-electron chi connectivity index (χ3n) is 5.72. The summed E-state index contributed by atoms with van der Waals surface area (Å²) in [5, 5.41) is 0. The van der Waals surface area contributed by atoms with Crippen LogP contribution in [-0.4, -0.2) is 0 Å². The Hall–Kier alpha value is 0. The van der Waals surface area contributed by atoms with Crippen molar-refractivity contribution in [2.24, 2.45) is 35.0 Å². The average Bonchev–Trinajstić information content (AvgIpc) is 2.96. The second-order valence-corrected chi connectivity index (χ2v) is 6.56. The highest BCUT2D eigenvalue weighted by Gasteiger charge is 2.62. The van der Waals surface area contributed by atoms with Crippen LogP contribution in [0.4, 0.5) is 0 Å². The third-order valence-corrected chi connectivity index (χ3v) is 5.72. The lowest BCUT2D eigenvalue weighted by molar-refractivity contribution is 0.350. The molecule has 0 heteroatoms. The molecule has 0 nitrogen and oxygen atoms in total. The maximum atomic E-state index is 2.54. The van der Waals surface area contributed by atoms with E-state index in [0.717, 1.165) is 5.41 Å². The zero-order valence-corrected chi connectivity index (χ0v) is 8.63. The van der Waals surface area contributed by atoms with Gasteiger partial charge in [-0.2, -0.15) is 0 Å². The van der Waals surface area contributed by atoms with Gasteiger partial charge in [0.2, 0.25) is 0 Å². The molecule has 13 heavy (non-hydrogen) atoms. The molecule has 5 unspecified atom stereocenters. The van der Waals surface area contributed by atoms with Crippen LogP contribution in [0, 0.1) is 35.0 Å². The maximum Gasteiger partial charge on any atom is -0.0294 e. The topological polar surface area (TPSA) is 0 Å². The molecule has 72 valence electrons. The summed E-state index contributed by atoms with van der Waals surface area (Å²) in [6, 6.07) is 0. The fourth-order valence-electron chi connectivity index (χ4n) is 4.34. The Morgan fingerprint density at radius 2 is 1.77 bits per heavy atom. The first-order valence-electron chi connectivity index (χ1n) is 6.28. The summed E-state index contributed by atoms with van der Waals surface area (Å²) in [4.78, 5) is 0. The Morgan fingerprint density at radius 3 is 2.31 bits per heavy atom. The zero-order valence-electron chi connectivity index (χ0n) is 8.63. The maximum absolute atomic E-state index is 2.54. The summed E-state index contributed by atoms with van der Waals surface area (Å²) in [5.41, 5.74) is 0.845. The van der Waals surface area contributed by atoms with E-state index in [1.165, 1.54) is 29.6 Å². The third kappa shape index (κ3) is 0.926. The molecule has 0 aromatic carbocycles. The first kappa shape index (κ1) is 7.31. The minimum Gasteiger partial charge on any atom is -0.0594 e. The first-order chi connectivity index (χ1) is 6.28. The molecule has 0 aromatic rings. The molecule has 0 radical (unpaired) electrons. The quantitative estimate of drug-likeness (QED) is 0.604. The summed E-state index contributed by atoms with van der Waals surface area (Å²) in [6.45, 7) is 2.54. The Bertz CT molecular complexity index is 251. The number of hydrogen-bond acceptors (Lipinski definition) is 0. The lowest BCUT2D eigenvalue weighted by Crippen LogP contribution is -2.07. The predicted octanol–water partition coefficient (Wildman–Crippen LogP) is 3.47. The van der Waals surface area contributed by atoms with Crippen LogP contribution < -0.4 is 0 Å². The molecule has 0 bridgehead atoms. The van der Waals surface area contributed by atoms with Crippen LogP contribution in [0.5, 0.6) is 0 Å². The summed E-state index contributed by atoms with van der Waals surface area (Å²) in [6.07, 6.45) is 9.53. The van der Waals surface area contributed by atoms with Crippen LogP contribution in [0.15, 0.2) is 0 Å². The van der Waals surface area contributed by atoms with Crippen molar-refractivity contribution < 1.29 is 0 Å². The number of fused-ring (bicyclic) bond motifs is 1. The van der Waals surface area contributed by atoms with E-state index in [2.05, 4.69) is 6.92 Å². The van der Waals surface area contributed by atoms with Crippen LogP contribution in [0.1, 0.15) is 45.4 Å². The Kier molecular flexibility index (Phi) is 1.12. The van der Waals surface area contributed by atoms with Crippen molar-refractivity contribution in [1.29, 1.82) is 0 Å². The van der Waals surface area contributed by atoms with E-state index >= 15 is 0 Å². The van der Waals surface area contributed by atoms with Crippen LogP contribution in [0.2, 0.25) is 0 Å². The van der Waals surface area contributed by atoms with E-state index in [-0.39, 0.29) is 0 Å². The minimum absolute atomic E-state index is 0.845. The molecule has 4 saturated carbocycles. The highest BCUT2D eigenvalue weighted by molar-refractivity contribution is 5.11. The standard InChI is InChI=1S/C13H20/c1-13(4-5-13)12-7-11(12)9-3-2-8-6-10(8)9/h8-12H,2-7H2,1H3. The SMILES string of the molecule is CC1(C2CC2C2CCC3CC32)CC1. The molecule has 0 spiro atoms. The van der Waals surface area contributed by atoms with E-state index in [4.69, 9.17) is 0 Å². The fraction of sp³-hybridized carbons (Fsp3) is 1.00. The van der Waals surface area contributed by atoms with Gasteiger partial charge in [-0.3, -0.25) is 0 Å². The number of rotatable bonds is 2. The first-order valence-corrected chi connectivity index (χ1v) is 6.28. The van der Waals surface area contributed by atoms with E-state index in [9.17, 15) is 0 Å². The largest absolute Gasteiger partial charge is 0.0594 e. The van der Waals surface area contributed by atoms with Gasteiger partial charge in [0.15, 0.2) is 0 Å². The molecule has 0 heterocycles. The molecule has 0 aromatic heterocycles. The van der Waals surface area contributed by atoms with Gasteiger partial charge in [0.25, 0.3) is 0 Å². The second kappa shape index (κ2) is 1.99. The number of hydrogen-bond donors (Lipinski definition) is 0. The molecule has 4 aliphatic rings. The van der Waals surface area contributed by atoms with Crippen LogP contribution in [-0.2, 0) is 0 Å². The molecule has 0 N–H and O–H groups in total. The summed E-state index contributed by atoms with van der Waals surface area (Å²) in [5.74, 6) is 6.00. The summed E-state index contributed by atoms with van der Waals surface area (Å²) < 4.78 is 0. The van der Waals surface area contributed by atoms with Gasteiger partial charge < -0.3 is 0 Å². The minimum atomic E-state index is 0.845. The molecule has 0 amide bonds. The van der Waals surface area contributed by atoms with Crippen molar-refractivity contribution in [3.63, 3.8) is 0 Å². The fourth-order valence-corrected chi connectivity index (χ4v) is 4.34. The summed E-state index contributed by atoms with van der Waals surface area (Å²) >= 11 is 0. The molecular formula is C13H20. The molecule has 4 fully saturated rings. The van der Waals surface area contributed by atoms with Gasteiger partial charge in [-0.15, -0.1) is 0 Å². The van der Waals surface area contributed by atoms with E-state index in [1.54, 1.807) is 38.5 Å². The van der Waals surface area contributed by atoms with Gasteiger partial charge in [-0.25, -0.2) is 0 Å². The molecule has 0 saturated heterocycles.